The molecule has 11 heavy (non-hydrogen) atoms. The molecule has 0 saturated carbocycles. The molecule has 0 aromatic heterocycles. The molecule has 1 heterocycles. The first-order valence-corrected chi connectivity index (χ1v) is 4.88. The molecule has 0 aliphatic carbocycles. The van der Waals surface area contributed by atoms with Crippen molar-refractivity contribution in [2.75, 3.05) is 6.61 Å². The third-order valence-electron chi connectivity index (χ3n) is 1.30. The molecule has 1 saturated heterocycles. The molecule has 1 fully saturated rings. The fraction of sp³-hybridized carbons (Fsp3) is 0.667. The molecule has 0 radical (unpaired) electrons. The highest BCUT2D eigenvalue weighted by Gasteiger charge is 2.25. The fourth-order valence-corrected chi connectivity index (χ4v) is 1.72. The molecule has 1 aliphatic rings. The van der Waals surface area contributed by atoms with Crippen molar-refractivity contribution in [2.24, 2.45) is 0 Å². The zero-order valence-corrected chi connectivity index (χ0v) is 7.10. The lowest BCUT2D eigenvalue weighted by Gasteiger charge is -1.95. The number of hydrogen-bond donors (Lipinski definition) is 1. The van der Waals surface area contributed by atoms with Crippen LogP contribution in [0.25, 0.3) is 0 Å². The van der Waals surface area contributed by atoms with Crippen molar-refractivity contribution in [2.45, 2.75) is 19.4 Å². The van der Waals surface area contributed by atoms with Gasteiger partial charge in [-0.3, -0.25) is 4.18 Å². The van der Waals surface area contributed by atoms with Gasteiger partial charge in [0, 0.05) is 0 Å². The third-order valence-corrected chi connectivity index (χ3v) is 2.34. The van der Waals surface area contributed by atoms with Crippen LogP contribution in [0.4, 0.5) is 0 Å². The normalized spacial score (nSPS) is 29.7. The standard InChI is InChI=1S/C6H11NO3S/c1-2-3-4-6-5-10-11(8,9)7-6/h3-4,6-7H,2,5H2,1H3/b4-3+/t6-/m0/s1. The molecule has 0 spiro atoms. The van der Waals surface area contributed by atoms with Crippen LogP contribution in [-0.2, 0) is 14.5 Å². The Labute approximate surface area is 66.5 Å². The Balaban J connectivity index is 2.49. The monoisotopic (exact) mass is 177 g/mol. The topological polar surface area (TPSA) is 55.4 Å². The Morgan fingerprint density at radius 2 is 2.45 bits per heavy atom. The van der Waals surface area contributed by atoms with E-state index in [0.29, 0.717) is 0 Å². The van der Waals surface area contributed by atoms with E-state index in [1.54, 1.807) is 6.08 Å². The van der Waals surface area contributed by atoms with Gasteiger partial charge >= 0.3 is 10.3 Å². The van der Waals surface area contributed by atoms with Crippen LogP contribution in [0.2, 0.25) is 0 Å². The van der Waals surface area contributed by atoms with Crippen LogP contribution in [0.15, 0.2) is 12.2 Å². The van der Waals surface area contributed by atoms with Gasteiger partial charge in [0.25, 0.3) is 0 Å². The van der Waals surface area contributed by atoms with E-state index in [1.165, 1.54) is 0 Å². The lowest BCUT2D eigenvalue weighted by atomic mass is 10.3. The van der Waals surface area contributed by atoms with Gasteiger partial charge in [-0.1, -0.05) is 19.1 Å². The molecule has 0 aromatic carbocycles. The second-order valence-corrected chi connectivity index (χ2v) is 3.68. The van der Waals surface area contributed by atoms with E-state index in [9.17, 15) is 8.42 Å². The zero-order chi connectivity index (χ0) is 8.32. The summed E-state index contributed by atoms with van der Waals surface area (Å²) in [6.07, 6.45) is 4.60. The number of hydrogen-bond acceptors (Lipinski definition) is 3. The lowest BCUT2D eigenvalue weighted by Crippen LogP contribution is -2.24. The van der Waals surface area contributed by atoms with Crippen molar-refractivity contribution in [1.82, 2.24) is 4.72 Å². The Morgan fingerprint density at radius 3 is 2.91 bits per heavy atom. The van der Waals surface area contributed by atoms with E-state index in [0.717, 1.165) is 6.42 Å². The molecule has 64 valence electrons. The van der Waals surface area contributed by atoms with Crippen molar-refractivity contribution in [3.8, 4) is 0 Å². The average molecular weight is 177 g/mol. The minimum atomic E-state index is -3.43. The van der Waals surface area contributed by atoms with Gasteiger partial charge in [-0.05, 0) is 6.42 Å². The smallest absolute Gasteiger partial charge is 0.256 e. The number of allylic oxidation sites excluding steroid dienone is 1. The highest BCUT2D eigenvalue weighted by Crippen LogP contribution is 2.04. The molecule has 0 bridgehead atoms. The first-order valence-electron chi connectivity index (χ1n) is 3.47. The van der Waals surface area contributed by atoms with Gasteiger partial charge in [-0.2, -0.15) is 13.1 Å². The zero-order valence-electron chi connectivity index (χ0n) is 6.28. The van der Waals surface area contributed by atoms with Crippen molar-refractivity contribution >= 4 is 10.3 Å². The van der Waals surface area contributed by atoms with Gasteiger partial charge < -0.3 is 0 Å². The quantitative estimate of drug-likeness (QED) is 0.612. The molecule has 5 heteroatoms. The number of rotatable bonds is 2. The maximum Gasteiger partial charge on any atom is 0.336 e. The molecule has 0 unspecified atom stereocenters. The van der Waals surface area contributed by atoms with E-state index < -0.39 is 10.3 Å². The molecular weight excluding hydrogens is 166 g/mol. The SMILES string of the molecule is CC/C=C/[C@H]1COS(=O)(=O)N1. The Kier molecular flexibility index (Phi) is 2.64. The largest absolute Gasteiger partial charge is 0.336 e. The molecule has 0 amide bonds. The van der Waals surface area contributed by atoms with Crippen LogP contribution in [0.1, 0.15) is 13.3 Å². The molecular formula is C6H11NO3S. The summed E-state index contributed by atoms with van der Waals surface area (Å²) < 4.78 is 28.1. The molecule has 0 aromatic rings. The van der Waals surface area contributed by atoms with Crippen molar-refractivity contribution in [1.29, 1.82) is 0 Å². The van der Waals surface area contributed by atoms with E-state index in [1.807, 2.05) is 13.0 Å². The first-order chi connectivity index (χ1) is 5.14. The van der Waals surface area contributed by atoms with Crippen LogP contribution < -0.4 is 4.72 Å². The Bertz CT molecular complexity index is 245. The number of nitrogens with one attached hydrogen (secondary N) is 1. The van der Waals surface area contributed by atoms with E-state index in [4.69, 9.17) is 0 Å². The van der Waals surface area contributed by atoms with E-state index in [-0.39, 0.29) is 12.6 Å². The third kappa shape index (κ3) is 2.61. The summed E-state index contributed by atoms with van der Waals surface area (Å²) in [6, 6.07) is -0.181. The maximum absolute atomic E-state index is 10.6. The van der Waals surface area contributed by atoms with Crippen LogP contribution in [0, 0.1) is 0 Å². The Morgan fingerprint density at radius 1 is 1.73 bits per heavy atom. The van der Waals surface area contributed by atoms with Crippen LogP contribution in [0.3, 0.4) is 0 Å². The lowest BCUT2D eigenvalue weighted by molar-refractivity contribution is 0.349. The maximum atomic E-state index is 10.6. The highest BCUT2D eigenvalue weighted by molar-refractivity contribution is 7.85. The summed E-state index contributed by atoms with van der Waals surface area (Å²) in [7, 11) is -3.43. The summed E-state index contributed by atoms with van der Waals surface area (Å²) in [6.45, 7) is 2.19. The molecule has 4 nitrogen and oxygen atoms in total. The van der Waals surface area contributed by atoms with Crippen molar-refractivity contribution in [3.05, 3.63) is 12.2 Å². The summed E-state index contributed by atoms with van der Waals surface area (Å²) in [5.74, 6) is 0. The first kappa shape index (κ1) is 8.70. The minimum Gasteiger partial charge on any atom is -0.256 e. The second kappa shape index (κ2) is 3.34. The van der Waals surface area contributed by atoms with Gasteiger partial charge in [0.2, 0.25) is 0 Å². The van der Waals surface area contributed by atoms with Crippen molar-refractivity contribution in [3.63, 3.8) is 0 Å². The summed E-state index contributed by atoms with van der Waals surface area (Å²) in [5.41, 5.74) is 0. The van der Waals surface area contributed by atoms with Gasteiger partial charge in [0.1, 0.15) is 0 Å². The van der Waals surface area contributed by atoms with Gasteiger partial charge in [-0.15, -0.1) is 0 Å². The molecule has 1 aliphatic heterocycles. The highest BCUT2D eigenvalue weighted by atomic mass is 32.2. The van der Waals surface area contributed by atoms with Crippen LogP contribution in [-0.4, -0.2) is 21.1 Å². The van der Waals surface area contributed by atoms with Crippen LogP contribution in [0.5, 0.6) is 0 Å². The van der Waals surface area contributed by atoms with E-state index >= 15 is 0 Å². The average Bonchev–Trinajstić information content (AvgIpc) is 2.26. The Hall–Kier alpha value is -0.390. The minimum absolute atomic E-state index is 0.181. The van der Waals surface area contributed by atoms with Crippen LogP contribution >= 0.6 is 0 Å². The van der Waals surface area contributed by atoms with Gasteiger partial charge in [-0.25, -0.2) is 0 Å². The predicted octanol–water partition coefficient (Wildman–Crippen LogP) is 0.186. The summed E-state index contributed by atoms with van der Waals surface area (Å²) in [4.78, 5) is 0. The molecule has 1 rings (SSSR count). The van der Waals surface area contributed by atoms with Crippen molar-refractivity contribution < 1.29 is 12.6 Å². The molecule has 1 atom stereocenters. The predicted molar refractivity (Wildman–Crippen MR) is 41.2 cm³/mol. The second-order valence-electron chi connectivity index (χ2n) is 2.30. The van der Waals surface area contributed by atoms with E-state index in [2.05, 4.69) is 8.91 Å². The summed E-state index contributed by atoms with van der Waals surface area (Å²) in [5, 5.41) is 0. The van der Waals surface area contributed by atoms with Gasteiger partial charge in [0.05, 0.1) is 12.6 Å². The molecule has 1 N–H and O–H groups in total. The summed E-state index contributed by atoms with van der Waals surface area (Å²) >= 11 is 0. The fourth-order valence-electron chi connectivity index (χ4n) is 0.812. The van der Waals surface area contributed by atoms with Gasteiger partial charge in [0.15, 0.2) is 0 Å².